The van der Waals surface area contributed by atoms with Crippen LogP contribution >= 0.6 is 15.9 Å². The van der Waals surface area contributed by atoms with Crippen LogP contribution in [0.4, 0.5) is 10.1 Å². The standard InChI is InChI=1S/C11H8BrFN2O/c12-8-4-11(10(14)5-9(8)13)16-7-2-1-3-15-6-7/h1-6H,14H2. The molecule has 0 saturated heterocycles. The highest BCUT2D eigenvalue weighted by atomic mass is 79.9. The summed E-state index contributed by atoms with van der Waals surface area (Å²) in [5.74, 6) is 0.519. The second kappa shape index (κ2) is 4.49. The first-order valence-corrected chi connectivity index (χ1v) is 5.28. The van der Waals surface area contributed by atoms with Crippen LogP contribution in [0, 0.1) is 5.82 Å². The van der Waals surface area contributed by atoms with Gasteiger partial charge in [-0.1, -0.05) is 0 Å². The molecular formula is C11H8BrFN2O. The van der Waals surface area contributed by atoms with Gasteiger partial charge in [0.25, 0.3) is 0 Å². The van der Waals surface area contributed by atoms with Crippen molar-refractivity contribution in [2.45, 2.75) is 0 Å². The number of anilines is 1. The molecule has 0 unspecified atom stereocenters. The maximum atomic E-state index is 13.1. The summed E-state index contributed by atoms with van der Waals surface area (Å²) < 4.78 is 18.9. The Hall–Kier alpha value is -1.62. The van der Waals surface area contributed by atoms with Crippen molar-refractivity contribution in [3.8, 4) is 11.5 Å². The molecule has 0 bridgehead atoms. The predicted octanol–water partition coefficient (Wildman–Crippen LogP) is 3.36. The van der Waals surface area contributed by atoms with Gasteiger partial charge in [0.05, 0.1) is 16.4 Å². The van der Waals surface area contributed by atoms with E-state index in [1.807, 2.05) is 0 Å². The molecule has 16 heavy (non-hydrogen) atoms. The molecule has 0 aliphatic rings. The molecule has 0 saturated carbocycles. The Balaban J connectivity index is 2.32. The monoisotopic (exact) mass is 282 g/mol. The van der Waals surface area contributed by atoms with Gasteiger partial charge in [-0.3, -0.25) is 4.98 Å². The highest BCUT2D eigenvalue weighted by Gasteiger charge is 2.07. The number of rotatable bonds is 2. The minimum Gasteiger partial charge on any atom is -0.454 e. The second-order valence-corrected chi connectivity index (χ2v) is 3.95. The van der Waals surface area contributed by atoms with Crippen LogP contribution in [-0.2, 0) is 0 Å². The third-order valence-electron chi connectivity index (χ3n) is 1.91. The SMILES string of the molecule is Nc1cc(F)c(Br)cc1Oc1cccnc1. The number of nitrogens with two attached hydrogens (primary N) is 1. The number of halogens is 2. The summed E-state index contributed by atoms with van der Waals surface area (Å²) in [6, 6.07) is 6.17. The average molecular weight is 283 g/mol. The maximum absolute atomic E-state index is 13.1. The summed E-state index contributed by atoms with van der Waals surface area (Å²) in [5, 5.41) is 0. The van der Waals surface area contributed by atoms with Crippen molar-refractivity contribution >= 4 is 21.6 Å². The molecule has 0 aliphatic heterocycles. The minimum absolute atomic E-state index is 0.240. The fourth-order valence-corrected chi connectivity index (χ4v) is 1.49. The van der Waals surface area contributed by atoms with Gasteiger partial charge in [-0.15, -0.1) is 0 Å². The Morgan fingerprint density at radius 3 is 2.88 bits per heavy atom. The Kier molecular flexibility index (Phi) is 3.05. The van der Waals surface area contributed by atoms with E-state index < -0.39 is 5.82 Å². The molecule has 2 rings (SSSR count). The van der Waals surface area contributed by atoms with Crippen LogP contribution in [0.25, 0.3) is 0 Å². The number of pyridine rings is 1. The van der Waals surface area contributed by atoms with Crippen molar-refractivity contribution in [1.29, 1.82) is 0 Å². The van der Waals surface area contributed by atoms with E-state index in [1.165, 1.54) is 12.1 Å². The third kappa shape index (κ3) is 2.30. The van der Waals surface area contributed by atoms with Crippen molar-refractivity contribution in [2.24, 2.45) is 0 Å². The molecule has 1 aromatic carbocycles. The lowest BCUT2D eigenvalue weighted by molar-refractivity contribution is 0.480. The first-order valence-electron chi connectivity index (χ1n) is 4.49. The molecule has 3 nitrogen and oxygen atoms in total. The number of hydrogen-bond donors (Lipinski definition) is 1. The highest BCUT2D eigenvalue weighted by Crippen LogP contribution is 2.31. The maximum Gasteiger partial charge on any atom is 0.151 e. The molecule has 0 radical (unpaired) electrons. The molecule has 0 atom stereocenters. The summed E-state index contributed by atoms with van der Waals surface area (Å²) in [5.41, 5.74) is 5.87. The molecule has 2 N–H and O–H groups in total. The lowest BCUT2D eigenvalue weighted by atomic mass is 10.3. The predicted molar refractivity (Wildman–Crippen MR) is 62.8 cm³/mol. The second-order valence-electron chi connectivity index (χ2n) is 3.09. The Bertz CT molecular complexity index is 505. The van der Waals surface area contributed by atoms with E-state index in [0.717, 1.165) is 0 Å². The summed E-state index contributed by atoms with van der Waals surface area (Å²) in [4.78, 5) is 3.90. The van der Waals surface area contributed by atoms with Crippen molar-refractivity contribution in [3.05, 3.63) is 46.9 Å². The van der Waals surface area contributed by atoms with E-state index in [0.29, 0.717) is 16.0 Å². The van der Waals surface area contributed by atoms with Gasteiger partial charge in [0.15, 0.2) is 5.75 Å². The Morgan fingerprint density at radius 2 is 2.19 bits per heavy atom. The fourth-order valence-electron chi connectivity index (χ4n) is 1.17. The lowest BCUT2D eigenvalue weighted by Crippen LogP contribution is -1.94. The number of nitrogen functional groups attached to an aromatic ring is 1. The number of aromatic nitrogens is 1. The molecule has 1 aromatic heterocycles. The fraction of sp³-hybridized carbons (Fsp3) is 0. The van der Waals surface area contributed by atoms with Crippen molar-refractivity contribution in [2.75, 3.05) is 5.73 Å². The van der Waals surface area contributed by atoms with Crippen molar-refractivity contribution < 1.29 is 9.13 Å². The molecular weight excluding hydrogens is 275 g/mol. The van der Waals surface area contributed by atoms with E-state index in [-0.39, 0.29) is 5.69 Å². The minimum atomic E-state index is -0.420. The van der Waals surface area contributed by atoms with E-state index in [4.69, 9.17) is 10.5 Å². The largest absolute Gasteiger partial charge is 0.454 e. The van der Waals surface area contributed by atoms with Crippen molar-refractivity contribution in [3.63, 3.8) is 0 Å². The van der Waals surface area contributed by atoms with Crippen LogP contribution in [0.2, 0.25) is 0 Å². The number of benzene rings is 1. The van der Waals surface area contributed by atoms with Gasteiger partial charge in [0.2, 0.25) is 0 Å². The van der Waals surface area contributed by atoms with Gasteiger partial charge < -0.3 is 10.5 Å². The molecule has 5 heteroatoms. The topological polar surface area (TPSA) is 48.1 Å². The van der Waals surface area contributed by atoms with Gasteiger partial charge in [0.1, 0.15) is 11.6 Å². The number of ether oxygens (including phenoxy) is 1. The summed E-state index contributed by atoms with van der Waals surface area (Å²) in [6.07, 6.45) is 3.19. The van der Waals surface area contributed by atoms with Gasteiger partial charge in [-0.05, 0) is 28.1 Å². The van der Waals surface area contributed by atoms with Crippen LogP contribution in [0.3, 0.4) is 0 Å². The summed E-state index contributed by atoms with van der Waals surface area (Å²) >= 11 is 3.07. The number of nitrogens with zero attached hydrogens (tertiary/aromatic N) is 1. The Morgan fingerprint density at radius 1 is 1.38 bits per heavy atom. The van der Waals surface area contributed by atoms with E-state index in [9.17, 15) is 4.39 Å². The molecule has 0 aliphatic carbocycles. The third-order valence-corrected chi connectivity index (χ3v) is 2.52. The highest BCUT2D eigenvalue weighted by molar-refractivity contribution is 9.10. The van der Waals surface area contributed by atoms with Gasteiger partial charge in [-0.25, -0.2) is 4.39 Å². The lowest BCUT2D eigenvalue weighted by Gasteiger charge is -2.08. The Labute approximate surface area is 100 Å². The summed E-state index contributed by atoms with van der Waals surface area (Å²) in [6.45, 7) is 0. The number of hydrogen-bond acceptors (Lipinski definition) is 3. The molecule has 1 heterocycles. The average Bonchev–Trinajstić information content (AvgIpc) is 2.27. The van der Waals surface area contributed by atoms with Crippen molar-refractivity contribution in [1.82, 2.24) is 4.98 Å². The molecule has 2 aromatic rings. The van der Waals surface area contributed by atoms with E-state index in [1.54, 1.807) is 24.5 Å². The van der Waals surface area contributed by atoms with Crippen LogP contribution in [0.15, 0.2) is 41.1 Å². The zero-order chi connectivity index (χ0) is 11.5. The van der Waals surface area contributed by atoms with Gasteiger partial charge in [-0.2, -0.15) is 0 Å². The van der Waals surface area contributed by atoms with E-state index in [2.05, 4.69) is 20.9 Å². The molecule has 82 valence electrons. The van der Waals surface area contributed by atoms with Crippen LogP contribution in [0.1, 0.15) is 0 Å². The first kappa shape index (κ1) is 10.9. The van der Waals surface area contributed by atoms with Crippen LogP contribution < -0.4 is 10.5 Å². The summed E-state index contributed by atoms with van der Waals surface area (Å²) in [7, 11) is 0. The first-order chi connectivity index (χ1) is 7.66. The van der Waals surface area contributed by atoms with Crippen LogP contribution in [-0.4, -0.2) is 4.98 Å². The van der Waals surface area contributed by atoms with Gasteiger partial charge in [0, 0.05) is 18.3 Å². The quantitative estimate of drug-likeness (QED) is 0.860. The van der Waals surface area contributed by atoms with E-state index >= 15 is 0 Å². The normalized spacial score (nSPS) is 10.1. The molecule has 0 fully saturated rings. The molecule has 0 amide bonds. The zero-order valence-electron chi connectivity index (χ0n) is 8.15. The zero-order valence-corrected chi connectivity index (χ0v) is 9.74. The molecule has 0 spiro atoms. The van der Waals surface area contributed by atoms with Gasteiger partial charge >= 0.3 is 0 Å². The smallest absolute Gasteiger partial charge is 0.151 e. The van der Waals surface area contributed by atoms with Crippen LogP contribution in [0.5, 0.6) is 11.5 Å².